The first kappa shape index (κ1) is 20.4. The van der Waals surface area contributed by atoms with Crippen LogP contribution in [0.1, 0.15) is 31.8 Å². The van der Waals surface area contributed by atoms with Gasteiger partial charge in [-0.25, -0.2) is 0 Å². The molecule has 0 atom stereocenters. The molecule has 0 aliphatic rings. The molecule has 0 heterocycles. The van der Waals surface area contributed by atoms with Crippen LogP contribution in [-0.2, 0) is 6.54 Å². The Hall–Kier alpha value is -3.31. The van der Waals surface area contributed by atoms with Crippen LogP contribution in [-0.4, -0.2) is 25.9 Å². The number of ketones is 1. The summed E-state index contributed by atoms with van der Waals surface area (Å²) in [5.41, 5.74) is 1.85. The molecule has 148 valence electrons. The van der Waals surface area contributed by atoms with Gasteiger partial charge in [0.15, 0.2) is 17.3 Å². The van der Waals surface area contributed by atoms with Crippen molar-refractivity contribution in [1.82, 2.24) is 5.32 Å². The number of benzene rings is 3. The van der Waals surface area contributed by atoms with E-state index in [4.69, 9.17) is 21.1 Å². The highest BCUT2D eigenvalue weighted by molar-refractivity contribution is 6.30. The summed E-state index contributed by atoms with van der Waals surface area (Å²) in [4.78, 5) is 25.7. The molecule has 3 aromatic rings. The van der Waals surface area contributed by atoms with Gasteiger partial charge in [0.25, 0.3) is 5.91 Å². The highest BCUT2D eigenvalue weighted by Crippen LogP contribution is 2.30. The lowest BCUT2D eigenvalue weighted by Gasteiger charge is -2.14. The maximum atomic E-state index is 12.9. The van der Waals surface area contributed by atoms with Gasteiger partial charge < -0.3 is 14.8 Å². The third-order valence-corrected chi connectivity index (χ3v) is 4.70. The Balaban J connectivity index is 1.82. The second-order valence-corrected chi connectivity index (χ2v) is 6.65. The molecule has 5 nitrogen and oxygen atoms in total. The molecule has 0 spiro atoms. The Morgan fingerprint density at radius 1 is 0.862 bits per heavy atom. The van der Waals surface area contributed by atoms with Crippen LogP contribution < -0.4 is 14.8 Å². The number of carbonyl (C=O) groups excluding carboxylic acids is 2. The van der Waals surface area contributed by atoms with Gasteiger partial charge in [-0.3, -0.25) is 9.59 Å². The molecule has 1 amide bonds. The molecule has 0 aromatic heterocycles. The van der Waals surface area contributed by atoms with Gasteiger partial charge in [0.2, 0.25) is 0 Å². The first-order valence-corrected chi connectivity index (χ1v) is 9.30. The van der Waals surface area contributed by atoms with Crippen LogP contribution in [0.15, 0.2) is 66.7 Å². The summed E-state index contributed by atoms with van der Waals surface area (Å²) in [6, 6.07) is 18.7. The fourth-order valence-corrected chi connectivity index (χ4v) is 3.13. The van der Waals surface area contributed by atoms with E-state index in [2.05, 4.69) is 5.32 Å². The van der Waals surface area contributed by atoms with E-state index in [-0.39, 0.29) is 18.2 Å². The fourth-order valence-electron chi connectivity index (χ4n) is 3.00. The monoisotopic (exact) mass is 409 g/mol. The third kappa shape index (κ3) is 4.58. The van der Waals surface area contributed by atoms with Crippen molar-refractivity contribution in [3.63, 3.8) is 0 Å². The summed E-state index contributed by atoms with van der Waals surface area (Å²) < 4.78 is 10.7. The van der Waals surface area contributed by atoms with Gasteiger partial charge in [-0.15, -0.1) is 0 Å². The van der Waals surface area contributed by atoms with E-state index < -0.39 is 0 Å². The first-order chi connectivity index (χ1) is 14.0. The van der Waals surface area contributed by atoms with E-state index >= 15 is 0 Å². The van der Waals surface area contributed by atoms with Gasteiger partial charge in [-0.2, -0.15) is 0 Å². The molecule has 0 radical (unpaired) electrons. The van der Waals surface area contributed by atoms with Gasteiger partial charge in [-0.05, 0) is 36.4 Å². The Kier molecular flexibility index (Phi) is 6.52. The number of para-hydroxylation sites is 1. The number of halogens is 1. The zero-order valence-corrected chi connectivity index (χ0v) is 16.8. The zero-order chi connectivity index (χ0) is 20.8. The van der Waals surface area contributed by atoms with Gasteiger partial charge in [-0.1, -0.05) is 41.9 Å². The van der Waals surface area contributed by atoms with Crippen molar-refractivity contribution in [3.8, 4) is 11.5 Å². The Morgan fingerprint density at radius 2 is 1.55 bits per heavy atom. The van der Waals surface area contributed by atoms with E-state index in [1.807, 2.05) is 12.1 Å². The lowest BCUT2D eigenvalue weighted by Crippen LogP contribution is -2.25. The molecule has 0 unspecified atom stereocenters. The van der Waals surface area contributed by atoms with Crippen LogP contribution in [0, 0.1) is 0 Å². The second-order valence-electron chi connectivity index (χ2n) is 6.22. The number of methoxy groups -OCH3 is 2. The van der Waals surface area contributed by atoms with Crippen molar-refractivity contribution in [1.29, 1.82) is 0 Å². The van der Waals surface area contributed by atoms with E-state index in [1.165, 1.54) is 0 Å². The molecule has 0 saturated carbocycles. The van der Waals surface area contributed by atoms with Gasteiger partial charge in [0.05, 0.1) is 19.8 Å². The topological polar surface area (TPSA) is 64.6 Å². The van der Waals surface area contributed by atoms with E-state index in [0.717, 1.165) is 5.56 Å². The molecule has 0 aliphatic heterocycles. The first-order valence-electron chi connectivity index (χ1n) is 8.92. The number of nitrogens with one attached hydrogen (secondary N) is 1. The van der Waals surface area contributed by atoms with Crippen molar-refractivity contribution in [2.24, 2.45) is 0 Å². The summed E-state index contributed by atoms with van der Waals surface area (Å²) in [7, 11) is 3.10. The lowest BCUT2D eigenvalue weighted by atomic mass is 9.98. The molecule has 29 heavy (non-hydrogen) atoms. The zero-order valence-electron chi connectivity index (χ0n) is 16.1. The summed E-state index contributed by atoms with van der Waals surface area (Å²) in [6.45, 7) is 0.225. The predicted octanol–water partition coefficient (Wildman–Crippen LogP) is 4.52. The average molecular weight is 410 g/mol. The molecule has 3 rings (SSSR count). The summed E-state index contributed by atoms with van der Waals surface area (Å²) in [5, 5.41) is 3.39. The number of hydrogen-bond acceptors (Lipinski definition) is 4. The van der Waals surface area contributed by atoms with E-state index in [0.29, 0.717) is 33.2 Å². The lowest BCUT2D eigenvalue weighted by molar-refractivity contribution is 0.0939. The largest absolute Gasteiger partial charge is 0.493 e. The highest BCUT2D eigenvalue weighted by atomic mass is 35.5. The van der Waals surface area contributed by atoms with Crippen molar-refractivity contribution in [3.05, 3.63) is 94.0 Å². The highest BCUT2D eigenvalue weighted by Gasteiger charge is 2.18. The molecule has 0 bridgehead atoms. The van der Waals surface area contributed by atoms with Crippen molar-refractivity contribution in [2.75, 3.05) is 14.2 Å². The number of ether oxygens (including phenoxy) is 2. The minimum absolute atomic E-state index is 0.225. The molecular formula is C23H20ClNO4. The quantitative estimate of drug-likeness (QED) is 0.583. The summed E-state index contributed by atoms with van der Waals surface area (Å²) in [5.74, 6) is 0.539. The maximum Gasteiger partial charge on any atom is 0.252 e. The van der Waals surface area contributed by atoms with Gasteiger partial charge >= 0.3 is 0 Å². The minimum Gasteiger partial charge on any atom is -0.493 e. The molecule has 0 aliphatic carbocycles. The Morgan fingerprint density at radius 3 is 2.21 bits per heavy atom. The smallest absolute Gasteiger partial charge is 0.252 e. The SMILES string of the molecule is COc1cccc(CNC(=O)c2ccccc2C(=O)c2ccc(Cl)cc2)c1OC. The van der Waals surface area contributed by atoms with Crippen LogP contribution >= 0.6 is 11.6 Å². The number of amides is 1. The van der Waals surface area contributed by atoms with Gasteiger partial charge in [0, 0.05) is 28.3 Å². The second kappa shape index (κ2) is 9.26. The maximum absolute atomic E-state index is 12.9. The van der Waals surface area contributed by atoms with Crippen LogP contribution in [0.5, 0.6) is 11.5 Å². The molecule has 3 aromatic carbocycles. The van der Waals surface area contributed by atoms with Gasteiger partial charge in [0.1, 0.15) is 0 Å². The number of hydrogen-bond donors (Lipinski definition) is 1. The Bertz CT molecular complexity index is 1030. The van der Waals surface area contributed by atoms with E-state index in [9.17, 15) is 9.59 Å². The van der Waals surface area contributed by atoms with Crippen LogP contribution in [0.4, 0.5) is 0 Å². The van der Waals surface area contributed by atoms with Crippen LogP contribution in [0.3, 0.4) is 0 Å². The van der Waals surface area contributed by atoms with Crippen LogP contribution in [0.25, 0.3) is 0 Å². The molecule has 0 saturated heterocycles. The van der Waals surface area contributed by atoms with Crippen molar-refractivity contribution >= 4 is 23.3 Å². The minimum atomic E-state index is -0.354. The predicted molar refractivity (Wildman–Crippen MR) is 112 cm³/mol. The third-order valence-electron chi connectivity index (χ3n) is 4.45. The number of carbonyl (C=O) groups is 2. The van der Waals surface area contributed by atoms with Crippen molar-refractivity contribution < 1.29 is 19.1 Å². The molecule has 0 fully saturated rings. The fraction of sp³-hybridized carbons (Fsp3) is 0.130. The van der Waals surface area contributed by atoms with Crippen LogP contribution in [0.2, 0.25) is 5.02 Å². The number of rotatable bonds is 7. The molecular weight excluding hydrogens is 390 g/mol. The normalized spacial score (nSPS) is 10.3. The van der Waals surface area contributed by atoms with E-state index in [1.54, 1.807) is 68.8 Å². The average Bonchev–Trinajstić information content (AvgIpc) is 2.77. The molecule has 6 heteroatoms. The summed E-state index contributed by atoms with van der Waals surface area (Å²) in [6.07, 6.45) is 0. The standard InChI is InChI=1S/C23H20ClNO4/c1-28-20-9-5-6-16(22(20)29-2)14-25-23(27)19-8-4-3-7-18(19)21(26)15-10-12-17(24)13-11-15/h3-13H,14H2,1-2H3,(H,25,27). The summed E-state index contributed by atoms with van der Waals surface area (Å²) >= 11 is 5.90. The Labute approximate surface area is 174 Å². The van der Waals surface area contributed by atoms with Crippen molar-refractivity contribution in [2.45, 2.75) is 6.54 Å². The molecule has 1 N–H and O–H groups in total.